The van der Waals surface area contributed by atoms with Crippen molar-refractivity contribution in [2.45, 2.75) is 26.2 Å². The zero-order valence-corrected chi connectivity index (χ0v) is 10.1. The maximum Gasteiger partial charge on any atom is 0.161 e. The standard InChI is InChI=1S/C14H17NO2/c1-2-16-12-5-3-4-6-13(12)17-11-14(7-8-14)9-10-15/h3-6H,2,7-9,11H2,1H3. The Labute approximate surface area is 102 Å². The van der Waals surface area contributed by atoms with Crippen LogP contribution in [0.2, 0.25) is 0 Å². The molecule has 0 unspecified atom stereocenters. The SMILES string of the molecule is CCOc1ccccc1OCC1(CC#N)CC1. The van der Waals surface area contributed by atoms with Crippen molar-refractivity contribution >= 4 is 0 Å². The first-order valence-corrected chi connectivity index (χ1v) is 6.01. The summed E-state index contributed by atoms with van der Waals surface area (Å²) in [5.41, 5.74) is 0.105. The minimum atomic E-state index is 0.105. The first-order chi connectivity index (χ1) is 8.29. The summed E-state index contributed by atoms with van der Waals surface area (Å²) in [5.74, 6) is 1.56. The quantitative estimate of drug-likeness (QED) is 0.755. The number of rotatable bonds is 6. The molecule has 1 aromatic carbocycles. The molecule has 0 N–H and O–H groups in total. The van der Waals surface area contributed by atoms with Gasteiger partial charge in [-0.1, -0.05) is 12.1 Å². The average molecular weight is 231 g/mol. The maximum atomic E-state index is 8.75. The molecule has 0 aliphatic heterocycles. The van der Waals surface area contributed by atoms with Crippen LogP contribution in [0.1, 0.15) is 26.2 Å². The summed E-state index contributed by atoms with van der Waals surface area (Å²) in [6, 6.07) is 9.91. The molecule has 1 aromatic rings. The van der Waals surface area contributed by atoms with Crippen molar-refractivity contribution in [3.63, 3.8) is 0 Å². The zero-order valence-electron chi connectivity index (χ0n) is 10.1. The molecule has 0 saturated heterocycles. The largest absolute Gasteiger partial charge is 0.490 e. The van der Waals surface area contributed by atoms with Crippen LogP contribution in [0.4, 0.5) is 0 Å². The van der Waals surface area contributed by atoms with Gasteiger partial charge in [0.15, 0.2) is 11.5 Å². The van der Waals surface area contributed by atoms with Crippen LogP contribution in [0.25, 0.3) is 0 Å². The lowest BCUT2D eigenvalue weighted by molar-refractivity contribution is 0.222. The van der Waals surface area contributed by atoms with Crippen LogP contribution in [-0.4, -0.2) is 13.2 Å². The Balaban J connectivity index is 1.97. The van der Waals surface area contributed by atoms with Crippen molar-refractivity contribution in [3.8, 4) is 17.6 Å². The van der Waals surface area contributed by atoms with Crippen molar-refractivity contribution < 1.29 is 9.47 Å². The lowest BCUT2D eigenvalue weighted by Crippen LogP contribution is -2.12. The van der Waals surface area contributed by atoms with E-state index in [4.69, 9.17) is 14.7 Å². The number of benzene rings is 1. The fraction of sp³-hybridized carbons (Fsp3) is 0.500. The average Bonchev–Trinajstić information content (AvgIpc) is 3.09. The molecule has 3 heteroatoms. The van der Waals surface area contributed by atoms with Gasteiger partial charge in [-0.25, -0.2) is 0 Å². The number of nitriles is 1. The van der Waals surface area contributed by atoms with E-state index in [1.165, 1.54) is 0 Å². The Hall–Kier alpha value is -1.69. The highest BCUT2D eigenvalue weighted by Gasteiger charge is 2.43. The van der Waals surface area contributed by atoms with Gasteiger partial charge in [-0.2, -0.15) is 5.26 Å². The summed E-state index contributed by atoms with van der Waals surface area (Å²) in [5, 5.41) is 8.75. The molecule has 0 radical (unpaired) electrons. The number of para-hydroxylation sites is 2. The van der Waals surface area contributed by atoms with Crippen molar-refractivity contribution in [1.29, 1.82) is 5.26 Å². The second-order valence-electron chi connectivity index (χ2n) is 4.50. The second-order valence-corrected chi connectivity index (χ2v) is 4.50. The molecule has 0 heterocycles. The summed E-state index contributed by atoms with van der Waals surface area (Å²) in [6.45, 7) is 3.20. The van der Waals surface area contributed by atoms with Crippen molar-refractivity contribution in [3.05, 3.63) is 24.3 Å². The van der Waals surface area contributed by atoms with Gasteiger partial charge in [0, 0.05) is 11.8 Å². The van der Waals surface area contributed by atoms with E-state index in [-0.39, 0.29) is 5.41 Å². The smallest absolute Gasteiger partial charge is 0.161 e. The van der Waals surface area contributed by atoms with Gasteiger partial charge < -0.3 is 9.47 Å². The molecule has 0 bridgehead atoms. The van der Waals surface area contributed by atoms with E-state index >= 15 is 0 Å². The molecule has 1 aliphatic carbocycles. The minimum absolute atomic E-state index is 0.105. The highest BCUT2D eigenvalue weighted by molar-refractivity contribution is 5.39. The van der Waals surface area contributed by atoms with Gasteiger partial charge in [-0.3, -0.25) is 0 Å². The normalized spacial score (nSPS) is 16.0. The van der Waals surface area contributed by atoms with Crippen molar-refractivity contribution in [2.75, 3.05) is 13.2 Å². The molecule has 3 nitrogen and oxygen atoms in total. The second kappa shape index (κ2) is 5.09. The van der Waals surface area contributed by atoms with E-state index in [0.717, 1.165) is 24.3 Å². The Bertz CT molecular complexity index is 418. The van der Waals surface area contributed by atoms with Gasteiger partial charge in [0.1, 0.15) is 0 Å². The summed E-state index contributed by atoms with van der Waals surface area (Å²) in [4.78, 5) is 0. The fourth-order valence-electron chi connectivity index (χ4n) is 1.79. The third-order valence-electron chi connectivity index (χ3n) is 3.09. The van der Waals surface area contributed by atoms with Crippen molar-refractivity contribution in [2.24, 2.45) is 5.41 Å². The molecule has 0 amide bonds. The van der Waals surface area contributed by atoms with Gasteiger partial charge in [0.05, 0.1) is 19.3 Å². The van der Waals surface area contributed by atoms with E-state index in [2.05, 4.69) is 6.07 Å². The van der Waals surface area contributed by atoms with Crippen LogP contribution in [0.5, 0.6) is 11.5 Å². The van der Waals surface area contributed by atoms with E-state index in [1.54, 1.807) is 0 Å². The van der Waals surface area contributed by atoms with Crippen molar-refractivity contribution in [1.82, 2.24) is 0 Å². The monoisotopic (exact) mass is 231 g/mol. The van der Waals surface area contributed by atoms with Crippen LogP contribution in [0.3, 0.4) is 0 Å². The predicted molar refractivity (Wildman–Crippen MR) is 65.0 cm³/mol. The molecule has 0 atom stereocenters. The van der Waals surface area contributed by atoms with Gasteiger partial charge in [0.25, 0.3) is 0 Å². The summed E-state index contributed by atoms with van der Waals surface area (Å²) in [6.07, 6.45) is 2.78. The van der Waals surface area contributed by atoms with Gasteiger partial charge in [0.2, 0.25) is 0 Å². The van der Waals surface area contributed by atoms with Crippen LogP contribution < -0.4 is 9.47 Å². The Morgan fingerprint density at radius 3 is 2.41 bits per heavy atom. The number of hydrogen-bond donors (Lipinski definition) is 0. The molecule has 1 fully saturated rings. The Morgan fingerprint density at radius 1 is 1.24 bits per heavy atom. The van der Waals surface area contributed by atoms with Gasteiger partial charge in [-0.15, -0.1) is 0 Å². The minimum Gasteiger partial charge on any atom is -0.490 e. The number of nitrogens with zero attached hydrogens (tertiary/aromatic N) is 1. The van der Waals surface area contributed by atoms with Crippen LogP contribution in [0.15, 0.2) is 24.3 Å². The topological polar surface area (TPSA) is 42.2 Å². The van der Waals surface area contributed by atoms with E-state index < -0.39 is 0 Å². The molecule has 0 spiro atoms. The van der Waals surface area contributed by atoms with Crippen LogP contribution in [0, 0.1) is 16.7 Å². The van der Waals surface area contributed by atoms with Gasteiger partial charge in [-0.05, 0) is 31.9 Å². The van der Waals surface area contributed by atoms with Crippen LogP contribution >= 0.6 is 0 Å². The number of hydrogen-bond acceptors (Lipinski definition) is 3. The van der Waals surface area contributed by atoms with Crippen LogP contribution in [-0.2, 0) is 0 Å². The first-order valence-electron chi connectivity index (χ1n) is 6.01. The lowest BCUT2D eigenvalue weighted by atomic mass is 10.1. The predicted octanol–water partition coefficient (Wildman–Crippen LogP) is 3.16. The number of ether oxygens (including phenoxy) is 2. The van der Waals surface area contributed by atoms with E-state index in [9.17, 15) is 0 Å². The molecule has 17 heavy (non-hydrogen) atoms. The van der Waals surface area contributed by atoms with Gasteiger partial charge >= 0.3 is 0 Å². The molecule has 2 rings (SSSR count). The Kier molecular flexibility index (Phi) is 3.53. The molecular weight excluding hydrogens is 214 g/mol. The maximum absolute atomic E-state index is 8.75. The first kappa shape index (κ1) is 11.8. The third kappa shape index (κ3) is 2.91. The highest BCUT2D eigenvalue weighted by Crippen LogP contribution is 2.49. The van der Waals surface area contributed by atoms with E-state index in [1.807, 2.05) is 31.2 Å². The fourth-order valence-corrected chi connectivity index (χ4v) is 1.79. The molecule has 1 saturated carbocycles. The summed E-state index contributed by atoms with van der Waals surface area (Å²) in [7, 11) is 0. The molecular formula is C14H17NO2. The van der Waals surface area contributed by atoms with E-state index in [0.29, 0.717) is 19.6 Å². The third-order valence-corrected chi connectivity index (χ3v) is 3.09. The molecule has 90 valence electrons. The molecule has 0 aromatic heterocycles. The zero-order chi connectivity index (χ0) is 12.1. The lowest BCUT2D eigenvalue weighted by Gasteiger charge is -2.15. The molecule has 1 aliphatic rings. The summed E-state index contributed by atoms with van der Waals surface area (Å²) >= 11 is 0. The highest BCUT2D eigenvalue weighted by atomic mass is 16.5. The Morgan fingerprint density at radius 2 is 1.88 bits per heavy atom. The summed E-state index contributed by atoms with van der Waals surface area (Å²) < 4.78 is 11.3.